The molecule has 3 heterocycles. The normalized spacial score (nSPS) is 20.7. The lowest BCUT2D eigenvalue weighted by Gasteiger charge is -2.30. The van der Waals surface area contributed by atoms with E-state index in [4.69, 9.17) is 0 Å². The number of hydrogen-bond donors (Lipinski definition) is 0. The Kier molecular flexibility index (Phi) is 3.98. The highest BCUT2D eigenvalue weighted by Crippen LogP contribution is 2.32. The molecule has 0 saturated carbocycles. The van der Waals surface area contributed by atoms with Crippen molar-refractivity contribution in [1.29, 1.82) is 0 Å². The first kappa shape index (κ1) is 13.2. The van der Waals surface area contributed by atoms with Crippen LogP contribution in [0.15, 0.2) is 6.33 Å². The van der Waals surface area contributed by atoms with E-state index >= 15 is 0 Å². The van der Waals surface area contributed by atoms with Crippen LogP contribution >= 0.6 is 27.5 Å². The Morgan fingerprint density at radius 2 is 2.26 bits per heavy atom. The third kappa shape index (κ3) is 2.48. The molecule has 1 unspecified atom stereocenters. The number of fused-ring (bicyclic) bond motifs is 1. The molecule has 19 heavy (non-hydrogen) atoms. The highest BCUT2D eigenvalue weighted by Gasteiger charge is 2.24. The number of alkyl halides is 1. The molecule has 0 aliphatic carbocycles. The Morgan fingerprint density at radius 3 is 3.11 bits per heavy atom. The van der Waals surface area contributed by atoms with Crippen molar-refractivity contribution < 1.29 is 0 Å². The van der Waals surface area contributed by atoms with Crippen molar-refractivity contribution >= 4 is 43.5 Å². The van der Waals surface area contributed by atoms with Gasteiger partial charge in [-0.25, -0.2) is 9.97 Å². The lowest BCUT2D eigenvalue weighted by molar-refractivity contribution is 0.622. The number of rotatable bonds is 2. The van der Waals surface area contributed by atoms with Crippen LogP contribution in [0.25, 0.3) is 10.2 Å². The van der Waals surface area contributed by atoms with Crippen LogP contribution in [0.5, 0.6) is 0 Å². The van der Waals surface area contributed by atoms with Crippen LogP contribution in [0, 0.1) is 6.92 Å². The van der Waals surface area contributed by atoms with Gasteiger partial charge < -0.3 is 4.90 Å². The predicted molar refractivity (Wildman–Crippen MR) is 83.3 cm³/mol. The second-order valence-electron chi connectivity index (χ2n) is 5.00. The molecule has 0 N–H and O–H groups in total. The number of halogens is 1. The third-order valence-electron chi connectivity index (χ3n) is 3.75. The van der Waals surface area contributed by atoms with E-state index in [-0.39, 0.29) is 0 Å². The summed E-state index contributed by atoms with van der Waals surface area (Å²) in [6.45, 7) is 3.13. The number of hydrogen-bond acceptors (Lipinski definition) is 5. The molecule has 2 aromatic heterocycles. The van der Waals surface area contributed by atoms with Gasteiger partial charge in [-0.1, -0.05) is 28.8 Å². The van der Waals surface area contributed by atoms with Crippen molar-refractivity contribution in [2.45, 2.75) is 38.6 Å². The average molecular weight is 341 g/mol. The Labute approximate surface area is 125 Å². The van der Waals surface area contributed by atoms with Crippen molar-refractivity contribution in [2.24, 2.45) is 0 Å². The minimum atomic E-state index is 0.528. The maximum atomic E-state index is 4.56. The lowest BCUT2D eigenvalue weighted by atomic mass is 10.1. The summed E-state index contributed by atoms with van der Waals surface area (Å²) in [6.07, 6.45) is 6.77. The zero-order valence-electron chi connectivity index (χ0n) is 11.0. The van der Waals surface area contributed by atoms with Crippen molar-refractivity contribution in [3.8, 4) is 0 Å². The van der Waals surface area contributed by atoms with Crippen molar-refractivity contribution in [2.75, 3.05) is 16.8 Å². The Hall–Kier alpha value is -0.750. The summed E-state index contributed by atoms with van der Waals surface area (Å²) >= 11 is 5.13. The fourth-order valence-corrected chi connectivity index (χ4v) is 4.15. The van der Waals surface area contributed by atoms with E-state index in [9.17, 15) is 0 Å². The fraction of sp³-hybridized carbons (Fsp3) is 0.615. The van der Waals surface area contributed by atoms with Gasteiger partial charge in [0.1, 0.15) is 17.0 Å². The smallest absolute Gasteiger partial charge is 0.149 e. The summed E-state index contributed by atoms with van der Waals surface area (Å²) < 4.78 is 4.43. The minimum Gasteiger partial charge on any atom is -0.352 e. The van der Waals surface area contributed by atoms with Crippen molar-refractivity contribution in [1.82, 2.24) is 14.3 Å². The van der Waals surface area contributed by atoms with Gasteiger partial charge in [0.25, 0.3) is 0 Å². The topological polar surface area (TPSA) is 41.9 Å². The molecule has 1 fully saturated rings. The van der Waals surface area contributed by atoms with Crippen molar-refractivity contribution in [3.63, 3.8) is 0 Å². The Balaban J connectivity index is 2.08. The summed E-state index contributed by atoms with van der Waals surface area (Å²) in [5, 5.41) is 2.13. The number of anilines is 1. The molecule has 102 valence electrons. The van der Waals surface area contributed by atoms with Gasteiger partial charge in [0.05, 0.1) is 11.1 Å². The standard InChI is InChI=1S/C13H17BrN4S/c1-9-11-12(15-8-16-13(11)19-17-9)18-6-4-2-3-5-10(18)7-14/h8,10H,2-7H2,1H3. The zero-order valence-corrected chi connectivity index (χ0v) is 13.4. The van der Waals surface area contributed by atoms with Gasteiger partial charge in [-0.3, -0.25) is 0 Å². The quantitative estimate of drug-likeness (QED) is 0.784. The van der Waals surface area contributed by atoms with E-state index in [0.29, 0.717) is 6.04 Å². The molecule has 0 aromatic carbocycles. The Bertz CT molecular complexity index is 571. The van der Waals surface area contributed by atoms with Crippen LogP contribution in [0.1, 0.15) is 31.4 Å². The lowest BCUT2D eigenvalue weighted by Crippen LogP contribution is -2.36. The van der Waals surface area contributed by atoms with Gasteiger partial charge in [-0.15, -0.1) is 0 Å². The summed E-state index contributed by atoms with van der Waals surface area (Å²) in [4.78, 5) is 12.4. The summed E-state index contributed by atoms with van der Waals surface area (Å²) in [6, 6.07) is 0.528. The van der Waals surface area contributed by atoms with Crippen LogP contribution in [-0.4, -0.2) is 32.3 Å². The third-order valence-corrected chi connectivity index (χ3v) is 5.35. The number of aryl methyl sites for hydroxylation is 1. The summed E-state index contributed by atoms with van der Waals surface area (Å²) in [5.74, 6) is 1.07. The Morgan fingerprint density at radius 1 is 1.37 bits per heavy atom. The summed E-state index contributed by atoms with van der Waals surface area (Å²) in [5.41, 5.74) is 1.05. The van der Waals surface area contributed by atoms with E-state index in [1.807, 2.05) is 6.92 Å². The van der Waals surface area contributed by atoms with E-state index in [1.165, 1.54) is 37.2 Å². The van der Waals surface area contributed by atoms with Gasteiger partial charge in [-0.2, -0.15) is 4.37 Å². The van der Waals surface area contributed by atoms with E-state index in [0.717, 1.165) is 33.6 Å². The van der Waals surface area contributed by atoms with E-state index in [1.54, 1.807) is 6.33 Å². The zero-order chi connectivity index (χ0) is 13.2. The van der Waals surface area contributed by atoms with Gasteiger partial charge in [0, 0.05) is 17.9 Å². The number of nitrogens with zero attached hydrogens (tertiary/aromatic N) is 4. The minimum absolute atomic E-state index is 0.528. The molecular formula is C13H17BrN4S. The highest BCUT2D eigenvalue weighted by molar-refractivity contribution is 9.09. The van der Waals surface area contributed by atoms with Crippen molar-refractivity contribution in [3.05, 3.63) is 12.0 Å². The van der Waals surface area contributed by atoms with Crippen LogP contribution in [0.3, 0.4) is 0 Å². The van der Waals surface area contributed by atoms with Gasteiger partial charge in [0.2, 0.25) is 0 Å². The molecule has 1 aliphatic heterocycles. The molecule has 0 spiro atoms. The molecule has 0 amide bonds. The molecule has 0 bridgehead atoms. The monoisotopic (exact) mass is 340 g/mol. The molecule has 4 nitrogen and oxygen atoms in total. The summed E-state index contributed by atoms with van der Waals surface area (Å²) in [7, 11) is 0. The second kappa shape index (κ2) is 5.71. The molecule has 6 heteroatoms. The SMILES string of the molecule is Cc1nsc2ncnc(N3CCCCCC3CBr)c12. The molecule has 3 rings (SSSR count). The molecular weight excluding hydrogens is 324 g/mol. The van der Waals surface area contributed by atoms with Gasteiger partial charge >= 0.3 is 0 Å². The van der Waals surface area contributed by atoms with Gasteiger partial charge in [-0.05, 0) is 31.3 Å². The maximum absolute atomic E-state index is 4.56. The van der Waals surface area contributed by atoms with E-state index < -0.39 is 0 Å². The van der Waals surface area contributed by atoms with Crippen LogP contribution in [0.4, 0.5) is 5.82 Å². The molecule has 1 aliphatic rings. The largest absolute Gasteiger partial charge is 0.352 e. The average Bonchev–Trinajstić information content (AvgIpc) is 2.68. The molecule has 0 radical (unpaired) electrons. The molecule has 1 saturated heterocycles. The van der Waals surface area contributed by atoms with Crippen LogP contribution < -0.4 is 4.90 Å². The predicted octanol–water partition coefficient (Wildman–Crippen LogP) is 3.54. The first-order valence-corrected chi connectivity index (χ1v) is 8.60. The number of aromatic nitrogens is 3. The maximum Gasteiger partial charge on any atom is 0.149 e. The van der Waals surface area contributed by atoms with Gasteiger partial charge in [0.15, 0.2) is 0 Å². The van der Waals surface area contributed by atoms with E-state index in [2.05, 4.69) is 35.2 Å². The fourth-order valence-electron chi connectivity index (χ4n) is 2.74. The molecule has 1 atom stereocenters. The molecule has 2 aromatic rings. The second-order valence-corrected chi connectivity index (χ2v) is 6.40. The first-order chi connectivity index (χ1) is 9.31. The van der Waals surface area contributed by atoms with Crippen LogP contribution in [0.2, 0.25) is 0 Å². The highest BCUT2D eigenvalue weighted by atomic mass is 79.9. The first-order valence-electron chi connectivity index (χ1n) is 6.71. The van der Waals surface area contributed by atoms with Crippen LogP contribution in [-0.2, 0) is 0 Å².